The fraction of sp³-hybridized carbons (Fsp3) is 0.667. The van der Waals surface area contributed by atoms with E-state index in [1.807, 2.05) is 10.9 Å². The molecule has 1 aliphatic carbocycles. The van der Waals surface area contributed by atoms with Crippen LogP contribution < -0.4 is 5.32 Å². The van der Waals surface area contributed by atoms with E-state index in [4.69, 9.17) is 4.98 Å². The molecule has 3 aliphatic rings. The Morgan fingerprint density at radius 2 is 1.85 bits per heavy atom. The van der Waals surface area contributed by atoms with Crippen molar-refractivity contribution in [3.63, 3.8) is 0 Å². The Morgan fingerprint density at radius 1 is 1.15 bits per heavy atom. The van der Waals surface area contributed by atoms with E-state index in [0.29, 0.717) is 5.92 Å². The molecule has 2 atom stereocenters. The van der Waals surface area contributed by atoms with Crippen molar-refractivity contribution >= 4 is 16.9 Å². The minimum atomic E-state index is 0.167. The molecule has 2 aromatic heterocycles. The summed E-state index contributed by atoms with van der Waals surface area (Å²) in [5.74, 6) is 2.14. The van der Waals surface area contributed by atoms with Crippen molar-refractivity contribution in [3.05, 3.63) is 23.5 Å². The van der Waals surface area contributed by atoms with E-state index in [1.54, 1.807) is 0 Å². The van der Waals surface area contributed by atoms with Gasteiger partial charge in [0.05, 0.1) is 17.1 Å². The topological polar surface area (TPSA) is 63.1 Å². The molecule has 4 heterocycles. The van der Waals surface area contributed by atoms with Crippen LogP contribution in [0.15, 0.2) is 12.3 Å². The summed E-state index contributed by atoms with van der Waals surface area (Å²) in [5.41, 5.74) is 2.75. The van der Waals surface area contributed by atoms with Gasteiger partial charge in [0.2, 0.25) is 0 Å². The molecule has 2 aromatic rings. The molecule has 0 aromatic carbocycles. The van der Waals surface area contributed by atoms with E-state index < -0.39 is 0 Å². The lowest BCUT2D eigenvalue weighted by atomic mass is 9.92. The van der Waals surface area contributed by atoms with Crippen LogP contribution in [-0.2, 0) is 0 Å². The average Bonchev–Trinajstić information content (AvgIpc) is 3.33. The number of hydrogen-bond donors (Lipinski definition) is 1. The summed E-state index contributed by atoms with van der Waals surface area (Å²) in [6.07, 6.45) is 6.42. The Morgan fingerprint density at radius 3 is 2.48 bits per heavy atom. The molecule has 27 heavy (non-hydrogen) atoms. The molecule has 0 spiro atoms. The SMILES string of the molecule is CC(C)n1ncc2c(C(=O)N3CC[C@@H]4CNC[C@@H]4CC3)cc(C3CC3)nc21. The third-order valence-corrected chi connectivity index (χ3v) is 6.61. The summed E-state index contributed by atoms with van der Waals surface area (Å²) < 4.78 is 1.95. The lowest BCUT2D eigenvalue weighted by molar-refractivity contribution is 0.0760. The quantitative estimate of drug-likeness (QED) is 0.906. The smallest absolute Gasteiger partial charge is 0.254 e. The summed E-state index contributed by atoms with van der Waals surface area (Å²) in [7, 11) is 0. The standard InChI is InChI=1S/C21H29N5O/c1-13(2)26-20-18(12-23-26)17(9-19(24-20)14-3-4-14)21(27)25-7-5-15-10-22-11-16(15)6-8-25/h9,12-16,22H,3-8,10-11H2,1-2H3/t15-,16+. The Hall–Kier alpha value is -1.95. The summed E-state index contributed by atoms with van der Waals surface area (Å²) in [5, 5.41) is 8.96. The number of amides is 1. The van der Waals surface area contributed by atoms with Crippen molar-refractivity contribution in [1.82, 2.24) is 25.0 Å². The fourth-order valence-corrected chi connectivity index (χ4v) is 4.77. The van der Waals surface area contributed by atoms with Gasteiger partial charge in [-0.3, -0.25) is 4.79 Å². The van der Waals surface area contributed by atoms with Gasteiger partial charge in [-0.2, -0.15) is 5.10 Å². The molecular weight excluding hydrogens is 338 g/mol. The Bertz CT molecular complexity index is 855. The van der Waals surface area contributed by atoms with Gasteiger partial charge in [0, 0.05) is 30.7 Å². The first-order chi connectivity index (χ1) is 13.1. The lowest BCUT2D eigenvalue weighted by Gasteiger charge is -2.22. The number of carbonyl (C=O) groups is 1. The monoisotopic (exact) mass is 367 g/mol. The third kappa shape index (κ3) is 3.04. The average molecular weight is 367 g/mol. The number of nitrogens with zero attached hydrogens (tertiary/aromatic N) is 4. The highest BCUT2D eigenvalue weighted by atomic mass is 16.2. The van der Waals surface area contributed by atoms with Crippen molar-refractivity contribution in [2.75, 3.05) is 26.2 Å². The number of rotatable bonds is 3. The number of pyridine rings is 1. The van der Waals surface area contributed by atoms with Crippen LogP contribution in [0.1, 0.15) is 67.5 Å². The number of fused-ring (bicyclic) bond motifs is 2. The lowest BCUT2D eigenvalue weighted by Crippen LogP contribution is -2.33. The molecule has 0 radical (unpaired) electrons. The van der Waals surface area contributed by atoms with E-state index in [9.17, 15) is 4.79 Å². The number of likely N-dealkylation sites (tertiary alicyclic amines) is 1. The molecule has 1 N–H and O–H groups in total. The maximum atomic E-state index is 13.5. The number of hydrogen-bond acceptors (Lipinski definition) is 4. The van der Waals surface area contributed by atoms with Gasteiger partial charge in [0.1, 0.15) is 0 Å². The van der Waals surface area contributed by atoms with Gasteiger partial charge < -0.3 is 10.2 Å². The molecule has 6 heteroatoms. The first-order valence-corrected chi connectivity index (χ1v) is 10.5. The van der Waals surface area contributed by atoms with Gasteiger partial charge in [-0.25, -0.2) is 9.67 Å². The van der Waals surface area contributed by atoms with E-state index in [1.165, 1.54) is 12.8 Å². The minimum absolute atomic E-state index is 0.167. The molecular formula is C21H29N5O. The van der Waals surface area contributed by atoms with Crippen molar-refractivity contribution in [1.29, 1.82) is 0 Å². The highest BCUT2D eigenvalue weighted by Gasteiger charge is 2.33. The summed E-state index contributed by atoms with van der Waals surface area (Å²) in [4.78, 5) is 20.5. The van der Waals surface area contributed by atoms with Crippen molar-refractivity contribution < 1.29 is 4.79 Å². The minimum Gasteiger partial charge on any atom is -0.339 e. The van der Waals surface area contributed by atoms with Gasteiger partial charge in [-0.1, -0.05) is 0 Å². The third-order valence-electron chi connectivity index (χ3n) is 6.61. The summed E-state index contributed by atoms with van der Waals surface area (Å²) >= 11 is 0. The molecule has 1 saturated carbocycles. The summed E-state index contributed by atoms with van der Waals surface area (Å²) in [6.45, 7) is 8.17. The van der Waals surface area contributed by atoms with Gasteiger partial charge in [0.15, 0.2) is 5.65 Å². The van der Waals surface area contributed by atoms with Crippen LogP contribution in [-0.4, -0.2) is 51.8 Å². The zero-order valence-electron chi connectivity index (χ0n) is 16.3. The van der Waals surface area contributed by atoms with Crippen LogP contribution in [0.4, 0.5) is 0 Å². The van der Waals surface area contributed by atoms with Crippen LogP contribution in [0.3, 0.4) is 0 Å². The van der Waals surface area contributed by atoms with Crippen LogP contribution in [0, 0.1) is 11.8 Å². The number of nitrogens with one attached hydrogen (secondary N) is 1. The Kier molecular flexibility index (Phi) is 4.19. The van der Waals surface area contributed by atoms with Gasteiger partial charge in [0.25, 0.3) is 5.91 Å². The highest BCUT2D eigenvalue weighted by Crippen LogP contribution is 2.40. The molecule has 2 aliphatic heterocycles. The molecule has 1 amide bonds. The number of aromatic nitrogens is 3. The maximum Gasteiger partial charge on any atom is 0.254 e. The van der Waals surface area contributed by atoms with Crippen LogP contribution in [0.5, 0.6) is 0 Å². The van der Waals surface area contributed by atoms with E-state index in [2.05, 4.69) is 35.2 Å². The normalized spacial score (nSPS) is 25.8. The molecule has 0 bridgehead atoms. The predicted molar refractivity (Wildman–Crippen MR) is 105 cm³/mol. The van der Waals surface area contributed by atoms with Crippen molar-refractivity contribution in [3.8, 4) is 0 Å². The van der Waals surface area contributed by atoms with Crippen molar-refractivity contribution in [2.45, 2.75) is 51.5 Å². The molecule has 3 fully saturated rings. The molecule has 5 rings (SSSR count). The maximum absolute atomic E-state index is 13.5. The first-order valence-electron chi connectivity index (χ1n) is 10.5. The number of carbonyl (C=O) groups excluding carboxylic acids is 1. The first kappa shape index (κ1) is 17.2. The van der Waals surface area contributed by atoms with E-state index in [-0.39, 0.29) is 11.9 Å². The molecule has 2 saturated heterocycles. The zero-order chi connectivity index (χ0) is 18.5. The Balaban J connectivity index is 1.50. The van der Waals surface area contributed by atoms with E-state index in [0.717, 1.165) is 73.1 Å². The largest absolute Gasteiger partial charge is 0.339 e. The van der Waals surface area contributed by atoms with Gasteiger partial charge >= 0.3 is 0 Å². The molecule has 0 unspecified atom stereocenters. The van der Waals surface area contributed by atoms with Crippen LogP contribution >= 0.6 is 0 Å². The highest BCUT2D eigenvalue weighted by molar-refractivity contribution is 6.05. The second-order valence-corrected chi connectivity index (χ2v) is 8.84. The summed E-state index contributed by atoms with van der Waals surface area (Å²) in [6, 6.07) is 2.29. The van der Waals surface area contributed by atoms with Crippen LogP contribution in [0.2, 0.25) is 0 Å². The van der Waals surface area contributed by atoms with Gasteiger partial charge in [-0.15, -0.1) is 0 Å². The molecule has 144 valence electrons. The van der Waals surface area contributed by atoms with Crippen LogP contribution in [0.25, 0.3) is 11.0 Å². The van der Waals surface area contributed by atoms with E-state index >= 15 is 0 Å². The van der Waals surface area contributed by atoms with Crippen molar-refractivity contribution in [2.24, 2.45) is 11.8 Å². The molecule has 6 nitrogen and oxygen atoms in total. The fourth-order valence-electron chi connectivity index (χ4n) is 4.77. The second-order valence-electron chi connectivity index (χ2n) is 8.84. The predicted octanol–water partition coefficient (Wildman–Crippen LogP) is 2.96. The zero-order valence-corrected chi connectivity index (χ0v) is 16.3. The second kappa shape index (κ2) is 6.59. The Labute approximate surface area is 160 Å². The van der Waals surface area contributed by atoms with Gasteiger partial charge in [-0.05, 0) is 70.5 Å².